The first-order valence-electron chi connectivity index (χ1n) is 7.82. The smallest absolute Gasteiger partial charge is 0.217 e. The summed E-state index contributed by atoms with van der Waals surface area (Å²) in [5, 5.41) is -0.128. The minimum atomic E-state index is -3.10. The van der Waals surface area contributed by atoms with Crippen LogP contribution in [0, 0.1) is 0 Å². The second-order valence-corrected chi connectivity index (χ2v) is 8.24. The Morgan fingerprint density at radius 2 is 1.58 bits per heavy atom. The van der Waals surface area contributed by atoms with E-state index in [1.54, 1.807) is 4.31 Å². The molecule has 0 radical (unpaired) electrons. The zero-order valence-electron chi connectivity index (χ0n) is 12.1. The molecule has 2 rings (SSSR count). The monoisotopic (exact) mass is 288 g/mol. The molecule has 2 aliphatic rings. The third kappa shape index (κ3) is 3.50. The Kier molecular flexibility index (Phi) is 5.26. The van der Waals surface area contributed by atoms with E-state index in [-0.39, 0.29) is 17.3 Å². The van der Waals surface area contributed by atoms with Crippen molar-refractivity contribution in [1.82, 2.24) is 4.31 Å². The molecule has 0 aromatic rings. The van der Waals surface area contributed by atoms with Crippen molar-refractivity contribution in [1.29, 1.82) is 0 Å². The second kappa shape index (κ2) is 6.55. The molecule has 4 nitrogen and oxygen atoms in total. The Labute approximate surface area is 117 Å². The van der Waals surface area contributed by atoms with Crippen molar-refractivity contribution in [3.63, 3.8) is 0 Å². The van der Waals surface area contributed by atoms with Gasteiger partial charge in [0.05, 0.1) is 5.25 Å². The highest BCUT2D eigenvalue weighted by Gasteiger charge is 2.37. The highest BCUT2D eigenvalue weighted by molar-refractivity contribution is 7.89. The lowest BCUT2D eigenvalue weighted by Crippen LogP contribution is -2.48. The third-order valence-corrected chi connectivity index (χ3v) is 7.28. The van der Waals surface area contributed by atoms with Gasteiger partial charge in [0.1, 0.15) is 0 Å². The van der Waals surface area contributed by atoms with Gasteiger partial charge in [-0.15, -0.1) is 0 Å². The van der Waals surface area contributed by atoms with Gasteiger partial charge in [0.15, 0.2) is 0 Å². The summed E-state index contributed by atoms with van der Waals surface area (Å²) in [6, 6.07) is 0.462. The lowest BCUT2D eigenvalue weighted by Gasteiger charge is -2.37. The highest BCUT2D eigenvalue weighted by atomic mass is 32.2. The molecule has 19 heavy (non-hydrogen) atoms. The summed E-state index contributed by atoms with van der Waals surface area (Å²) in [5.41, 5.74) is 5.92. The zero-order chi connectivity index (χ0) is 13.9. The largest absolute Gasteiger partial charge is 0.328 e. The fourth-order valence-corrected chi connectivity index (χ4v) is 5.89. The molecule has 5 heteroatoms. The van der Waals surface area contributed by atoms with E-state index in [4.69, 9.17) is 5.73 Å². The molecule has 112 valence electrons. The molecule has 0 spiro atoms. The average molecular weight is 288 g/mol. The first-order valence-corrected chi connectivity index (χ1v) is 9.32. The third-order valence-electron chi connectivity index (χ3n) is 4.76. The zero-order valence-corrected chi connectivity index (χ0v) is 12.9. The molecule has 0 saturated heterocycles. The van der Waals surface area contributed by atoms with E-state index < -0.39 is 10.0 Å². The first kappa shape index (κ1) is 15.3. The summed E-state index contributed by atoms with van der Waals surface area (Å²) in [4.78, 5) is 0. The van der Waals surface area contributed by atoms with E-state index in [2.05, 4.69) is 0 Å². The fourth-order valence-electron chi connectivity index (χ4n) is 3.59. The second-order valence-electron chi connectivity index (χ2n) is 6.08. The summed E-state index contributed by atoms with van der Waals surface area (Å²) in [5.74, 6) is 0. The lowest BCUT2D eigenvalue weighted by atomic mass is 9.92. The fraction of sp³-hybridized carbons (Fsp3) is 1.00. The number of sulfonamides is 1. The molecule has 0 aromatic carbocycles. The van der Waals surface area contributed by atoms with Gasteiger partial charge in [-0.25, -0.2) is 8.42 Å². The summed E-state index contributed by atoms with van der Waals surface area (Å²) < 4.78 is 27.4. The van der Waals surface area contributed by atoms with Crippen LogP contribution in [-0.4, -0.2) is 36.6 Å². The molecule has 0 aromatic heterocycles. The van der Waals surface area contributed by atoms with Crippen molar-refractivity contribution in [2.45, 2.75) is 82.0 Å². The van der Waals surface area contributed by atoms with Crippen molar-refractivity contribution in [2.75, 3.05) is 6.54 Å². The van der Waals surface area contributed by atoms with Crippen molar-refractivity contribution in [3.8, 4) is 0 Å². The van der Waals surface area contributed by atoms with Gasteiger partial charge in [0.2, 0.25) is 10.0 Å². The molecule has 0 bridgehead atoms. The van der Waals surface area contributed by atoms with E-state index in [9.17, 15) is 8.42 Å². The summed E-state index contributed by atoms with van der Waals surface area (Å²) in [6.45, 7) is 2.58. The Hall–Kier alpha value is -0.130. The topological polar surface area (TPSA) is 63.4 Å². The number of nitrogens with zero attached hydrogens (tertiary/aromatic N) is 1. The van der Waals surface area contributed by atoms with Crippen LogP contribution in [0.4, 0.5) is 0 Å². The van der Waals surface area contributed by atoms with Crippen LogP contribution in [0.2, 0.25) is 0 Å². The molecular formula is C14H28N2O2S. The minimum absolute atomic E-state index is 0.128. The standard InChI is InChI=1S/C14H28N2O2S/c1-2-16(13-10-8-12(15)9-11-13)19(17,18)14-6-4-3-5-7-14/h12-14H,2-11,15H2,1H3. The average Bonchev–Trinajstić information content (AvgIpc) is 2.42. The minimum Gasteiger partial charge on any atom is -0.328 e. The lowest BCUT2D eigenvalue weighted by molar-refractivity contribution is 0.243. The number of nitrogens with two attached hydrogens (primary N) is 1. The number of hydrogen-bond donors (Lipinski definition) is 1. The van der Waals surface area contributed by atoms with Crippen LogP contribution in [0.5, 0.6) is 0 Å². The summed E-state index contributed by atoms with van der Waals surface area (Å²) in [7, 11) is -3.10. The highest BCUT2D eigenvalue weighted by Crippen LogP contribution is 2.30. The molecule has 0 heterocycles. The van der Waals surface area contributed by atoms with Crippen LogP contribution in [0.1, 0.15) is 64.7 Å². The normalized spacial score (nSPS) is 30.7. The van der Waals surface area contributed by atoms with Crippen LogP contribution >= 0.6 is 0 Å². The van der Waals surface area contributed by atoms with Crippen LogP contribution in [0.3, 0.4) is 0 Å². The van der Waals surface area contributed by atoms with Gasteiger partial charge in [-0.05, 0) is 38.5 Å². The molecule has 0 amide bonds. The molecule has 2 fully saturated rings. The summed E-state index contributed by atoms with van der Waals surface area (Å²) in [6.07, 6.45) is 8.81. The molecule has 2 saturated carbocycles. The molecule has 0 aliphatic heterocycles. The van der Waals surface area contributed by atoms with Gasteiger partial charge in [-0.3, -0.25) is 0 Å². The van der Waals surface area contributed by atoms with Crippen LogP contribution in [-0.2, 0) is 10.0 Å². The Bertz CT molecular complexity index is 369. The quantitative estimate of drug-likeness (QED) is 0.863. The SMILES string of the molecule is CCN(C1CCC(N)CC1)S(=O)(=O)C1CCCCC1. The molecule has 2 aliphatic carbocycles. The van der Waals surface area contributed by atoms with Crippen molar-refractivity contribution in [3.05, 3.63) is 0 Å². The Morgan fingerprint density at radius 1 is 1.00 bits per heavy atom. The molecule has 2 N–H and O–H groups in total. The van der Waals surface area contributed by atoms with Crippen LogP contribution in [0.15, 0.2) is 0 Å². The number of hydrogen-bond acceptors (Lipinski definition) is 3. The van der Waals surface area contributed by atoms with Crippen LogP contribution in [0.25, 0.3) is 0 Å². The van der Waals surface area contributed by atoms with E-state index >= 15 is 0 Å². The maximum Gasteiger partial charge on any atom is 0.217 e. The van der Waals surface area contributed by atoms with Crippen molar-refractivity contribution < 1.29 is 8.42 Å². The Morgan fingerprint density at radius 3 is 2.11 bits per heavy atom. The molecular weight excluding hydrogens is 260 g/mol. The van der Waals surface area contributed by atoms with Gasteiger partial charge < -0.3 is 5.73 Å². The summed E-state index contributed by atoms with van der Waals surface area (Å²) >= 11 is 0. The molecule has 0 unspecified atom stereocenters. The van der Waals surface area contributed by atoms with Gasteiger partial charge >= 0.3 is 0 Å². The number of rotatable bonds is 4. The van der Waals surface area contributed by atoms with Crippen molar-refractivity contribution >= 4 is 10.0 Å². The maximum absolute atomic E-state index is 12.8. The van der Waals surface area contributed by atoms with E-state index in [1.165, 1.54) is 6.42 Å². The van der Waals surface area contributed by atoms with Crippen molar-refractivity contribution in [2.24, 2.45) is 5.73 Å². The van der Waals surface area contributed by atoms with Gasteiger partial charge in [0, 0.05) is 18.6 Å². The predicted octanol–water partition coefficient (Wildman–Crippen LogP) is 2.24. The Balaban J connectivity index is 2.06. The van der Waals surface area contributed by atoms with E-state index in [0.717, 1.165) is 51.4 Å². The first-order chi connectivity index (χ1) is 9.05. The predicted molar refractivity (Wildman–Crippen MR) is 78.4 cm³/mol. The van der Waals surface area contributed by atoms with Gasteiger partial charge in [-0.2, -0.15) is 4.31 Å². The van der Waals surface area contributed by atoms with Gasteiger partial charge in [-0.1, -0.05) is 26.2 Å². The maximum atomic E-state index is 12.8. The van der Waals surface area contributed by atoms with Gasteiger partial charge in [0.25, 0.3) is 0 Å². The van der Waals surface area contributed by atoms with E-state index in [1.807, 2.05) is 6.92 Å². The van der Waals surface area contributed by atoms with Crippen LogP contribution < -0.4 is 5.73 Å². The molecule has 0 atom stereocenters. The van der Waals surface area contributed by atoms with E-state index in [0.29, 0.717) is 6.54 Å².